The molecule has 0 aromatic carbocycles. The predicted octanol–water partition coefficient (Wildman–Crippen LogP) is 15.5. The summed E-state index contributed by atoms with van der Waals surface area (Å²) in [4.78, 5) is 13.1. The van der Waals surface area contributed by atoms with Crippen molar-refractivity contribution in [3.8, 4) is 0 Å². The molecule has 1 heterocycles. The lowest BCUT2D eigenvalue weighted by Gasteiger charge is -2.40. The summed E-state index contributed by atoms with van der Waals surface area (Å²) in [6.45, 7) is 3.80. The molecular formula is C62H117NO8. The number of allylic oxidation sites excluding steroid dienone is 5. The van der Waals surface area contributed by atoms with Gasteiger partial charge in [0.1, 0.15) is 24.4 Å². The van der Waals surface area contributed by atoms with Gasteiger partial charge < -0.3 is 40.3 Å². The Bertz CT molecular complexity index is 1210. The van der Waals surface area contributed by atoms with Crippen molar-refractivity contribution in [3.05, 3.63) is 36.5 Å². The molecule has 0 aliphatic carbocycles. The van der Waals surface area contributed by atoms with Gasteiger partial charge in [0.2, 0.25) is 5.91 Å². The lowest BCUT2D eigenvalue weighted by Crippen LogP contribution is -2.60. The van der Waals surface area contributed by atoms with Crippen LogP contribution in [0.3, 0.4) is 0 Å². The lowest BCUT2D eigenvalue weighted by molar-refractivity contribution is -0.302. The van der Waals surface area contributed by atoms with Gasteiger partial charge in [-0.05, 0) is 44.9 Å². The number of rotatable bonds is 53. The molecule has 0 aromatic heterocycles. The SMILES string of the molecule is CCCCCCCCCCCCCCCCCCC/C=C/CC/C=C/CC/C=C/C(O)C(COC1OC(CO)C(O)C(O)C1O)NC(=O)CCCCCCCCCCCCCCCCCCCCCCC. The minimum atomic E-state index is -1.57. The maximum absolute atomic E-state index is 13.1. The first-order valence-corrected chi connectivity index (χ1v) is 30.7. The molecule has 1 aliphatic heterocycles. The molecule has 6 N–H and O–H groups in total. The summed E-state index contributed by atoms with van der Waals surface area (Å²) in [7, 11) is 0. The van der Waals surface area contributed by atoms with E-state index in [9.17, 15) is 30.3 Å². The molecule has 9 heteroatoms. The van der Waals surface area contributed by atoms with Crippen LogP contribution < -0.4 is 5.32 Å². The van der Waals surface area contributed by atoms with Crippen molar-refractivity contribution in [2.24, 2.45) is 0 Å². The number of aliphatic hydroxyl groups excluding tert-OH is 5. The second kappa shape index (κ2) is 51.9. The number of carbonyl (C=O) groups excluding carboxylic acids is 1. The second-order valence-electron chi connectivity index (χ2n) is 21.5. The highest BCUT2D eigenvalue weighted by molar-refractivity contribution is 5.76. The minimum absolute atomic E-state index is 0.185. The molecule has 418 valence electrons. The van der Waals surface area contributed by atoms with Crippen LogP contribution >= 0.6 is 0 Å². The molecule has 1 rings (SSSR count). The normalized spacial score (nSPS) is 19.5. The average molecular weight is 1000 g/mol. The molecule has 0 spiro atoms. The fourth-order valence-electron chi connectivity index (χ4n) is 9.84. The van der Waals surface area contributed by atoms with Crippen molar-refractivity contribution in [1.82, 2.24) is 5.32 Å². The molecule has 1 fully saturated rings. The van der Waals surface area contributed by atoms with Gasteiger partial charge in [0.25, 0.3) is 0 Å². The fourth-order valence-corrected chi connectivity index (χ4v) is 9.84. The quantitative estimate of drug-likeness (QED) is 0.0261. The molecule has 9 nitrogen and oxygen atoms in total. The van der Waals surface area contributed by atoms with Gasteiger partial charge >= 0.3 is 0 Å². The van der Waals surface area contributed by atoms with Gasteiger partial charge in [0.05, 0.1) is 25.4 Å². The van der Waals surface area contributed by atoms with E-state index in [2.05, 4.69) is 43.5 Å². The van der Waals surface area contributed by atoms with E-state index >= 15 is 0 Å². The number of amides is 1. The third-order valence-electron chi connectivity index (χ3n) is 14.7. The zero-order chi connectivity index (χ0) is 51.5. The Hall–Kier alpha value is -1.59. The van der Waals surface area contributed by atoms with Crippen LogP contribution in [0.4, 0.5) is 0 Å². The van der Waals surface area contributed by atoms with E-state index in [-0.39, 0.29) is 12.5 Å². The van der Waals surface area contributed by atoms with E-state index in [0.29, 0.717) is 6.42 Å². The average Bonchev–Trinajstić information content (AvgIpc) is 3.37. The highest BCUT2D eigenvalue weighted by atomic mass is 16.7. The Morgan fingerprint density at radius 3 is 1.18 bits per heavy atom. The van der Waals surface area contributed by atoms with Crippen LogP contribution in [0.15, 0.2) is 36.5 Å². The van der Waals surface area contributed by atoms with Gasteiger partial charge in [0, 0.05) is 6.42 Å². The number of hydrogen-bond acceptors (Lipinski definition) is 8. The first-order valence-electron chi connectivity index (χ1n) is 30.7. The lowest BCUT2D eigenvalue weighted by atomic mass is 9.99. The van der Waals surface area contributed by atoms with Crippen molar-refractivity contribution in [3.63, 3.8) is 0 Å². The number of aliphatic hydroxyl groups is 5. The molecule has 0 aromatic rings. The van der Waals surface area contributed by atoms with E-state index in [1.54, 1.807) is 6.08 Å². The third kappa shape index (κ3) is 41.4. The topological polar surface area (TPSA) is 149 Å². The van der Waals surface area contributed by atoms with Gasteiger partial charge in [-0.2, -0.15) is 0 Å². The molecular weight excluding hydrogens is 887 g/mol. The Morgan fingerprint density at radius 1 is 0.465 bits per heavy atom. The Labute approximate surface area is 438 Å². The summed E-state index contributed by atoms with van der Waals surface area (Å²) in [5, 5.41) is 54.5. The molecule has 1 aliphatic rings. The molecule has 7 atom stereocenters. The second-order valence-corrected chi connectivity index (χ2v) is 21.5. The largest absolute Gasteiger partial charge is 0.394 e. The number of ether oxygens (including phenoxy) is 2. The summed E-state index contributed by atoms with van der Waals surface area (Å²) >= 11 is 0. The standard InChI is InChI=1S/C62H117NO8/c1-3-5-7-9-11-13-15-17-19-21-23-25-26-27-28-29-30-32-33-35-37-39-41-43-45-47-49-51-56(65)55(54-70-62-61(69)60(68)59(67)57(53-64)71-62)63-58(66)52-50-48-46-44-42-40-38-36-34-31-24-22-20-18-16-14-12-10-8-6-4-2/h33,35,41,43,49,51,55-57,59-62,64-65,67-69H,3-32,34,36-40,42,44-48,50,52-54H2,1-2H3,(H,63,66)/b35-33+,43-41+,51-49+. The summed E-state index contributed by atoms with van der Waals surface area (Å²) in [5.74, 6) is -0.185. The van der Waals surface area contributed by atoms with Crippen LogP contribution in [0.25, 0.3) is 0 Å². The van der Waals surface area contributed by atoms with Crippen LogP contribution in [-0.2, 0) is 14.3 Å². The van der Waals surface area contributed by atoms with Gasteiger partial charge in [0.15, 0.2) is 6.29 Å². The van der Waals surface area contributed by atoms with Crippen LogP contribution in [-0.4, -0.2) is 87.5 Å². The van der Waals surface area contributed by atoms with Gasteiger partial charge in [-0.25, -0.2) is 0 Å². The highest BCUT2D eigenvalue weighted by Crippen LogP contribution is 2.23. The van der Waals surface area contributed by atoms with Crippen LogP contribution in [0, 0.1) is 0 Å². The minimum Gasteiger partial charge on any atom is -0.394 e. The van der Waals surface area contributed by atoms with Gasteiger partial charge in [-0.3, -0.25) is 4.79 Å². The maximum atomic E-state index is 13.1. The Kier molecular flexibility index (Phi) is 49.3. The van der Waals surface area contributed by atoms with Crippen LogP contribution in [0.5, 0.6) is 0 Å². The number of hydrogen-bond donors (Lipinski definition) is 6. The smallest absolute Gasteiger partial charge is 0.220 e. The summed E-state index contributed by atoms with van der Waals surface area (Å²) in [6, 6.07) is -0.826. The maximum Gasteiger partial charge on any atom is 0.220 e. The van der Waals surface area contributed by atoms with Gasteiger partial charge in [-0.15, -0.1) is 0 Å². The third-order valence-corrected chi connectivity index (χ3v) is 14.7. The number of unbranched alkanes of at least 4 members (excludes halogenated alkanes) is 39. The Morgan fingerprint density at radius 2 is 0.803 bits per heavy atom. The van der Waals surface area contributed by atoms with Crippen molar-refractivity contribution >= 4 is 5.91 Å². The van der Waals surface area contributed by atoms with E-state index in [1.165, 1.54) is 231 Å². The van der Waals surface area contributed by atoms with Crippen LogP contribution in [0.2, 0.25) is 0 Å². The number of carbonyl (C=O) groups is 1. The van der Waals surface area contributed by atoms with E-state index in [4.69, 9.17) is 9.47 Å². The zero-order valence-electron chi connectivity index (χ0n) is 46.5. The van der Waals surface area contributed by atoms with Crippen molar-refractivity contribution < 1.29 is 39.8 Å². The van der Waals surface area contributed by atoms with Crippen molar-refractivity contribution in [2.45, 2.75) is 339 Å². The first kappa shape index (κ1) is 67.4. The molecule has 1 saturated heterocycles. The summed E-state index contributed by atoms with van der Waals surface area (Å²) in [6.07, 6.45) is 60.8. The van der Waals surface area contributed by atoms with Crippen molar-refractivity contribution in [2.75, 3.05) is 13.2 Å². The monoisotopic (exact) mass is 1000 g/mol. The predicted molar refractivity (Wildman–Crippen MR) is 300 cm³/mol. The summed E-state index contributed by atoms with van der Waals surface area (Å²) < 4.78 is 11.3. The number of nitrogens with one attached hydrogen (secondary N) is 1. The fraction of sp³-hybridized carbons (Fsp3) is 0.887. The van der Waals surface area contributed by atoms with E-state index in [1.807, 2.05) is 6.08 Å². The molecule has 0 saturated carbocycles. The summed E-state index contributed by atoms with van der Waals surface area (Å²) in [5.41, 5.74) is 0. The Balaban J connectivity index is 2.23. The van der Waals surface area contributed by atoms with Crippen LogP contribution in [0.1, 0.15) is 296 Å². The van der Waals surface area contributed by atoms with Crippen molar-refractivity contribution in [1.29, 1.82) is 0 Å². The molecule has 0 bridgehead atoms. The molecule has 7 unspecified atom stereocenters. The molecule has 71 heavy (non-hydrogen) atoms. The van der Waals surface area contributed by atoms with E-state index in [0.717, 1.165) is 44.9 Å². The molecule has 0 radical (unpaired) electrons. The first-order chi connectivity index (χ1) is 34.8. The van der Waals surface area contributed by atoms with Gasteiger partial charge in [-0.1, -0.05) is 281 Å². The highest BCUT2D eigenvalue weighted by Gasteiger charge is 2.44. The molecule has 1 amide bonds. The zero-order valence-corrected chi connectivity index (χ0v) is 46.5. The van der Waals surface area contributed by atoms with E-state index < -0.39 is 49.5 Å².